The van der Waals surface area contributed by atoms with Gasteiger partial charge in [0.25, 0.3) is 0 Å². The van der Waals surface area contributed by atoms with E-state index in [1.54, 1.807) is 20.3 Å². The fraction of sp³-hybridized carbons (Fsp3) is 0.455. The minimum atomic E-state index is -0.342. The molecule has 0 unspecified atom stereocenters. The molecule has 17 heavy (non-hydrogen) atoms. The van der Waals surface area contributed by atoms with Gasteiger partial charge in [0, 0.05) is 39.9 Å². The highest BCUT2D eigenvalue weighted by Crippen LogP contribution is 1.99. The number of carbonyl (C=O) groups is 1. The Hall–Kier alpha value is -1.69. The quantitative estimate of drug-likeness (QED) is 0.740. The van der Waals surface area contributed by atoms with Crippen LogP contribution in [-0.2, 0) is 6.54 Å². The van der Waals surface area contributed by atoms with Crippen LogP contribution in [0.15, 0.2) is 18.5 Å². The molecule has 2 N–H and O–H groups in total. The summed E-state index contributed by atoms with van der Waals surface area (Å²) in [5.74, 6) is -0.342. The van der Waals surface area contributed by atoms with Crippen LogP contribution in [0, 0.1) is 5.82 Å². The highest BCUT2D eigenvalue weighted by atomic mass is 19.1. The molecule has 5 nitrogen and oxygen atoms in total. The van der Waals surface area contributed by atoms with Crippen LogP contribution in [0.2, 0.25) is 0 Å². The van der Waals surface area contributed by atoms with Crippen LogP contribution < -0.4 is 10.6 Å². The first-order valence-electron chi connectivity index (χ1n) is 5.35. The number of urea groups is 1. The van der Waals surface area contributed by atoms with Gasteiger partial charge in [0.2, 0.25) is 0 Å². The number of amides is 2. The minimum absolute atomic E-state index is 0.126. The van der Waals surface area contributed by atoms with Gasteiger partial charge < -0.3 is 15.5 Å². The molecule has 1 aromatic heterocycles. The zero-order chi connectivity index (χ0) is 12.7. The summed E-state index contributed by atoms with van der Waals surface area (Å²) in [5, 5.41) is 5.80. The average Bonchev–Trinajstić information content (AvgIpc) is 2.28. The summed E-state index contributed by atoms with van der Waals surface area (Å²) in [6.07, 6.45) is 2.77. The Balaban J connectivity index is 2.14. The van der Waals surface area contributed by atoms with Crippen molar-refractivity contribution in [2.45, 2.75) is 6.54 Å². The molecule has 2 amide bonds. The minimum Gasteiger partial charge on any atom is -0.337 e. The number of carbonyl (C=O) groups excluding carboxylic acids is 1. The lowest BCUT2D eigenvalue weighted by Gasteiger charge is -2.12. The number of pyridine rings is 1. The molecule has 0 saturated heterocycles. The topological polar surface area (TPSA) is 57.3 Å². The van der Waals surface area contributed by atoms with E-state index in [0.29, 0.717) is 19.6 Å². The predicted molar refractivity (Wildman–Crippen MR) is 63.0 cm³/mol. The van der Waals surface area contributed by atoms with Gasteiger partial charge in [-0.25, -0.2) is 9.18 Å². The molecule has 0 aromatic carbocycles. The zero-order valence-corrected chi connectivity index (χ0v) is 10.0. The number of hydrogen-bond donors (Lipinski definition) is 2. The van der Waals surface area contributed by atoms with Gasteiger partial charge in [-0.15, -0.1) is 0 Å². The smallest absolute Gasteiger partial charge is 0.316 e. The molecule has 0 aliphatic heterocycles. The molecule has 1 aromatic rings. The van der Waals surface area contributed by atoms with Crippen molar-refractivity contribution in [3.05, 3.63) is 29.8 Å². The van der Waals surface area contributed by atoms with Gasteiger partial charge in [0.1, 0.15) is 5.82 Å². The lowest BCUT2D eigenvalue weighted by Crippen LogP contribution is -2.38. The summed E-state index contributed by atoms with van der Waals surface area (Å²) in [6, 6.07) is 1.30. The van der Waals surface area contributed by atoms with E-state index >= 15 is 0 Å². The van der Waals surface area contributed by atoms with E-state index in [1.165, 1.54) is 17.2 Å². The molecule has 1 rings (SSSR count). The summed E-state index contributed by atoms with van der Waals surface area (Å²) >= 11 is 0. The van der Waals surface area contributed by atoms with Gasteiger partial charge in [-0.2, -0.15) is 0 Å². The standard InChI is InChI=1S/C11H17FN4O/c1-16(2)11(17)15-4-3-13-6-9-5-10(12)8-14-7-9/h5,7-8,13H,3-4,6H2,1-2H3,(H,15,17). The van der Waals surface area contributed by atoms with Crippen LogP contribution >= 0.6 is 0 Å². The van der Waals surface area contributed by atoms with E-state index in [9.17, 15) is 9.18 Å². The Bertz CT molecular complexity index is 370. The van der Waals surface area contributed by atoms with Gasteiger partial charge in [-0.1, -0.05) is 0 Å². The van der Waals surface area contributed by atoms with Crippen molar-refractivity contribution < 1.29 is 9.18 Å². The van der Waals surface area contributed by atoms with Crippen molar-refractivity contribution in [1.29, 1.82) is 0 Å². The highest BCUT2D eigenvalue weighted by Gasteiger charge is 2.00. The summed E-state index contributed by atoms with van der Waals surface area (Å²) in [4.78, 5) is 16.4. The van der Waals surface area contributed by atoms with E-state index in [0.717, 1.165) is 5.56 Å². The third-order valence-corrected chi connectivity index (χ3v) is 2.07. The first kappa shape index (κ1) is 13.4. The highest BCUT2D eigenvalue weighted by molar-refractivity contribution is 5.73. The van der Waals surface area contributed by atoms with E-state index < -0.39 is 0 Å². The van der Waals surface area contributed by atoms with Crippen molar-refractivity contribution in [1.82, 2.24) is 20.5 Å². The third-order valence-electron chi connectivity index (χ3n) is 2.07. The maximum Gasteiger partial charge on any atom is 0.316 e. The molecule has 0 fully saturated rings. The molecule has 94 valence electrons. The molecule has 1 heterocycles. The predicted octanol–water partition coefficient (Wildman–Crippen LogP) is 0.582. The van der Waals surface area contributed by atoms with Crippen molar-refractivity contribution in [2.24, 2.45) is 0 Å². The molecular weight excluding hydrogens is 223 g/mol. The van der Waals surface area contributed by atoms with Gasteiger partial charge in [0.05, 0.1) is 6.20 Å². The first-order chi connectivity index (χ1) is 8.09. The monoisotopic (exact) mass is 240 g/mol. The lowest BCUT2D eigenvalue weighted by atomic mass is 10.3. The van der Waals surface area contributed by atoms with E-state index in [4.69, 9.17) is 0 Å². The number of nitrogens with zero attached hydrogens (tertiary/aromatic N) is 2. The largest absolute Gasteiger partial charge is 0.337 e. The molecule has 0 bridgehead atoms. The maximum absolute atomic E-state index is 12.8. The summed E-state index contributed by atoms with van der Waals surface area (Å²) in [6.45, 7) is 1.68. The van der Waals surface area contributed by atoms with Crippen LogP contribution in [0.25, 0.3) is 0 Å². The van der Waals surface area contributed by atoms with Crippen LogP contribution in [0.4, 0.5) is 9.18 Å². The second-order valence-electron chi connectivity index (χ2n) is 3.81. The average molecular weight is 240 g/mol. The van der Waals surface area contributed by atoms with Gasteiger partial charge in [0.15, 0.2) is 0 Å². The number of aromatic nitrogens is 1. The van der Waals surface area contributed by atoms with Crippen LogP contribution in [0.5, 0.6) is 0 Å². The van der Waals surface area contributed by atoms with Crippen molar-refractivity contribution >= 4 is 6.03 Å². The molecule has 0 atom stereocenters. The second kappa shape index (κ2) is 6.80. The molecule has 0 radical (unpaired) electrons. The Morgan fingerprint density at radius 3 is 2.82 bits per heavy atom. The van der Waals surface area contributed by atoms with Crippen molar-refractivity contribution in [3.63, 3.8) is 0 Å². The van der Waals surface area contributed by atoms with Crippen molar-refractivity contribution in [3.8, 4) is 0 Å². The van der Waals surface area contributed by atoms with Crippen LogP contribution in [0.1, 0.15) is 5.56 Å². The van der Waals surface area contributed by atoms with E-state index in [-0.39, 0.29) is 11.8 Å². The Morgan fingerprint density at radius 2 is 2.18 bits per heavy atom. The van der Waals surface area contributed by atoms with Crippen LogP contribution in [-0.4, -0.2) is 43.1 Å². The SMILES string of the molecule is CN(C)C(=O)NCCNCc1cncc(F)c1. The molecule has 0 saturated carbocycles. The first-order valence-corrected chi connectivity index (χ1v) is 5.35. The summed E-state index contributed by atoms with van der Waals surface area (Å²) in [5.41, 5.74) is 0.781. The molecule has 0 aliphatic rings. The Morgan fingerprint density at radius 1 is 1.41 bits per heavy atom. The fourth-order valence-corrected chi connectivity index (χ4v) is 1.20. The normalized spacial score (nSPS) is 10.1. The number of rotatable bonds is 5. The van der Waals surface area contributed by atoms with E-state index in [1.807, 2.05) is 0 Å². The van der Waals surface area contributed by atoms with Gasteiger partial charge >= 0.3 is 6.03 Å². The van der Waals surface area contributed by atoms with Crippen LogP contribution in [0.3, 0.4) is 0 Å². The van der Waals surface area contributed by atoms with E-state index in [2.05, 4.69) is 15.6 Å². The second-order valence-corrected chi connectivity index (χ2v) is 3.81. The third kappa shape index (κ3) is 5.26. The Labute approximate surface area is 100 Å². The molecule has 0 spiro atoms. The van der Waals surface area contributed by atoms with Crippen molar-refractivity contribution in [2.75, 3.05) is 27.2 Å². The zero-order valence-electron chi connectivity index (χ0n) is 10.0. The lowest BCUT2D eigenvalue weighted by molar-refractivity contribution is 0.217. The molecular formula is C11H17FN4O. The molecule has 0 aliphatic carbocycles. The maximum atomic E-state index is 12.8. The number of hydrogen-bond acceptors (Lipinski definition) is 3. The fourth-order valence-electron chi connectivity index (χ4n) is 1.20. The molecule has 6 heteroatoms. The number of nitrogens with one attached hydrogen (secondary N) is 2. The Kier molecular flexibility index (Phi) is 5.35. The van der Waals surface area contributed by atoms with Gasteiger partial charge in [-0.3, -0.25) is 4.98 Å². The summed E-state index contributed by atoms with van der Waals surface area (Å²) in [7, 11) is 3.36. The van der Waals surface area contributed by atoms with Gasteiger partial charge in [-0.05, 0) is 11.6 Å². The summed E-state index contributed by atoms with van der Waals surface area (Å²) < 4.78 is 12.8. The number of halogens is 1.